The molecule has 0 aromatic rings. The largest absolute Gasteiger partial charge is 0.545 e. The van der Waals surface area contributed by atoms with Crippen molar-refractivity contribution in [1.82, 2.24) is 0 Å². The van der Waals surface area contributed by atoms with Crippen molar-refractivity contribution in [3.05, 3.63) is 24.3 Å². The van der Waals surface area contributed by atoms with E-state index in [0.29, 0.717) is 17.4 Å². The topological polar surface area (TPSA) is 111 Å². The number of esters is 2. The van der Waals surface area contributed by atoms with E-state index in [9.17, 15) is 19.5 Å². The predicted molar refractivity (Wildman–Crippen MR) is 343 cm³/mol. The second kappa shape index (κ2) is 63.8. The van der Waals surface area contributed by atoms with Crippen molar-refractivity contribution in [2.75, 3.05) is 47.5 Å². The molecule has 0 fully saturated rings. The number of quaternary nitrogens is 1. The first-order valence-electron chi connectivity index (χ1n) is 35.5. The first-order chi connectivity index (χ1) is 39.6. The van der Waals surface area contributed by atoms with Crippen LogP contribution in [0.25, 0.3) is 0 Å². The average molecular weight is 1140 g/mol. The molecule has 0 aliphatic carbocycles. The van der Waals surface area contributed by atoms with Crippen LogP contribution in [0.3, 0.4) is 0 Å². The number of aliphatic carboxylic acids is 1. The van der Waals surface area contributed by atoms with Gasteiger partial charge in [0.1, 0.15) is 13.2 Å². The number of likely N-dealkylation sites (N-methyl/N-ethyl adjacent to an activating group) is 1. The Morgan fingerprint density at radius 3 is 0.914 bits per heavy atom. The van der Waals surface area contributed by atoms with Crippen LogP contribution >= 0.6 is 0 Å². The molecule has 0 N–H and O–H groups in total. The van der Waals surface area contributed by atoms with Crippen LogP contribution in [-0.4, -0.2) is 82.3 Å². The third-order valence-electron chi connectivity index (χ3n) is 16.2. The third-order valence-corrected chi connectivity index (χ3v) is 16.2. The van der Waals surface area contributed by atoms with E-state index in [0.717, 1.165) is 38.5 Å². The highest BCUT2D eigenvalue weighted by molar-refractivity contribution is 5.70. The Kier molecular flexibility index (Phi) is 62.0. The van der Waals surface area contributed by atoms with Gasteiger partial charge in [-0.05, 0) is 64.2 Å². The van der Waals surface area contributed by atoms with Crippen LogP contribution in [0.4, 0.5) is 0 Å². The Hall–Kier alpha value is -2.23. The predicted octanol–water partition coefficient (Wildman–Crippen LogP) is 20.5. The van der Waals surface area contributed by atoms with Gasteiger partial charge in [0.25, 0.3) is 0 Å². The maximum atomic E-state index is 12.9. The van der Waals surface area contributed by atoms with E-state index in [2.05, 4.69) is 38.2 Å². The first kappa shape index (κ1) is 78.8. The lowest BCUT2D eigenvalue weighted by molar-refractivity contribution is -0.870. The van der Waals surface area contributed by atoms with Gasteiger partial charge in [0.15, 0.2) is 12.4 Å². The minimum absolute atomic E-state index is 0.151. The van der Waals surface area contributed by atoms with Crippen molar-refractivity contribution in [2.24, 2.45) is 0 Å². The third kappa shape index (κ3) is 65.2. The molecule has 0 rings (SSSR count). The van der Waals surface area contributed by atoms with Crippen molar-refractivity contribution >= 4 is 17.9 Å². The van der Waals surface area contributed by atoms with Gasteiger partial charge >= 0.3 is 11.9 Å². The van der Waals surface area contributed by atoms with E-state index < -0.39 is 24.3 Å². The molecular weight excluding hydrogens is 1010 g/mol. The van der Waals surface area contributed by atoms with Crippen LogP contribution in [0.5, 0.6) is 0 Å². The molecule has 2 atom stereocenters. The van der Waals surface area contributed by atoms with Crippen LogP contribution in [0.15, 0.2) is 24.3 Å². The number of hydrogen-bond acceptors (Lipinski definition) is 8. The van der Waals surface area contributed by atoms with Gasteiger partial charge in [0.2, 0.25) is 0 Å². The fourth-order valence-electron chi connectivity index (χ4n) is 10.7. The van der Waals surface area contributed by atoms with Crippen LogP contribution in [-0.2, 0) is 33.3 Å². The van der Waals surface area contributed by atoms with E-state index in [1.54, 1.807) is 0 Å². The maximum absolute atomic E-state index is 12.9. The molecule has 81 heavy (non-hydrogen) atoms. The highest BCUT2D eigenvalue weighted by Crippen LogP contribution is 2.19. The summed E-state index contributed by atoms with van der Waals surface area (Å²) in [5.74, 6) is -2.25. The lowest BCUT2D eigenvalue weighted by atomic mass is 10.0. The van der Waals surface area contributed by atoms with Crippen LogP contribution < -0.4 is 5.11 Å². The van der Waals surface area contributed by atoms with Gasteiger partial charge in [-0.1, -0.05) is 308 Å². The Bertz CT molecular complexity index is 1380. The van der Waals surface area contributed by atoms with Gasteiger partial charge in [-0.2, -0.15) is 0 Å². The van der Waals surface area contributed by atoms with Gasteiger partial charge in [-0.25, -0.2) is 0 Å². The number of ether oxygens (including phenoxy) is 4. The molecule has 0 aromatic heterocycles. The Balaban J connectivity index is 4.06. The molecule has 0 spiro atoms. The zero-order valence-electron chi connectivity index (χ0n) is 54.7. The number of allylic oxidation sites excluding steroid dienone is 4. The molecule has 2 unspecified atom stereocenters. The van der Waals surface area contributed by atoms with E-state index in [1.165, 1.54) is 295 Å². The van der Waals surface area contributed by atoms with Gasteiger partial charge in [0, 0.05) is 12.8 Å². The van der Waals surface area contributed by atoms with E-state index in [4.69, 9.17) is 18.9 Å². The van der Waals surface area contributed by atoms with Crippen molar-refractivity contribution in [1.29, 1.82) is 0 Å². The van der Waals surface area contributed by atoms with Crippen LogP contribution in [0.2, 0.25) is 0 Å². The summed E-state index contributed by atoms with van der Waals surface area (Å²) in [5, 5.41) is 11.8. The van der Waals surface area contributed by atoms with Gasteiger partial charge in [-0.3, -0.25) is 9.59 Å². The quantitative estimate of drug-likeness (QED) is 0.0195. The smallest absolute Gasteiger partial charge is 0.306 e. The van der Waals surface area contributed by atoms with Crippen LogP contribution in [0, 0.1) is 0 Å². The highest BCUT2D eigenvalue weighted by atomic mass is 16.7. The minimum atomic E-state index is -1.62. The summed E-state index contributed by atoms with van der Waals surface area (Å²) in [7, 11) is 5.94. The summed E-state index contributed by atoms with van der Waals surface area (Å²) >= 11 is 0. The summed E-state index contributed by atoms with van der Waals surface area (Å²) in [6.45, 7) is 4.82. The fraction of sp³-hybridized carbons (Fsp3) is 0.903. The second-order valence-electron chi connectivity index (χ2n) is 25.5. The molecule has 0 aliphatic rings. The summed E-state index contributed by atoms with van der Waals surface area (Å²) < 4.78 is 22.8. The molecule has 9 heteroatoms. The number of carboxylic acid groups (broad SMARTS) is 1. The number of hydrogen-bond donors (Lipinski definition) is 0. The lowest BCUT2D eigenvalue weighted by Gasteiger charge is -2.26. The summed E-state index contributed by atoms with van der Waals surface area (Å²) in [4.78, 5) is 37.5. The zero-order chi connectivity index (χ0) is 59.1. The molecule has 0 saturated heterocycles. The number of unbranched alkanes of at least 4 members (excludes halogenated alkanes) is 48. The molecule has 0 bridgehead atoms. The number of nitrogens with zero attached hydrogens (tertiary/aromatic N) is 1. The number of rotatable bonds is 67. The van der Waals surface area contributed by atoms with Crippen molar-refractivity contribution in [3.8, 4) is 0 Å². The Morgan fingerprint density at radius 1 is 0.358 bits per heavy atom. The Labute approximate surface area is 503 Å². The molecule has 0 aliphatic heterocycles. The summed E-state index contributed by atoms with van der Waals surface area (Å²) in [6, 6.07) is 0. The molecule has 0 aromatic carbocycles. The van der Waals surface area contributed by atoms with E-state index in [-0.39, 0.29) is 32.2 Å². The maximum Gasteiger partial charge on any atom is 0.306 e. The number of carbonyl (C=O) groups is 3. The SMILES string of the molecule is CCCCCCCCCC/C=C\CCCCCCCCCCCCCCCCCCCCCC(=O)OC(COC(=O)CCCCCCCCCCCCCCC/C=C\CCCCCCCCCC)COC(OCC[N+](C)(C)C)C(=O)[O-]. The zero-order valence-corrected chi connectivity index (χ0v) is 54.7. The molecule has 478 valence electrons. The molecule has 0 radical (unpaired) electrons. The summed E-state index contributed by atoms with van der Waals surface area (Å²) in [6.07, 6.45) is 75.5. The Morgan fingerprint density at radius 2 is 0.630 bits per heavy atom. The first-order valence-corrected chi connectivity index (χ1v) is 35.5. The standard InChI is InChI=1S/C72H137NO8/c1-6-8-10-12-14-16-18-20-22-24-26-28-30-32-33-34-35-36-37-39-41-43-45-47-49-51-53-55-57-59-61-63-70(75)81-68(67-80-72(71(76)77)78-65-64-73(3,4)5)66-79-69(74)62-60-58-56-54-52-50-48-46-44-42-40-38-31-29-27-25-23-21-19-17-15-13-11-9-7-2/h24-27,68,72H,6-23,28-67H2,1-5H3/b26-24-,27-25-. The minimum Gasteiger partial charge on any atom is -0.545 e. The van der Waals surface area contributed by atoms with Crippen molar-refractivity contribution in [2.45, 2.75) is 373 Å². The highest BCUT2D eigenvalue weighted by Gasteiger charge is 2.22. The van der Waals surface area contributed by atoms with Gasteiger partial charge < -0.3 is 33.3 Å². The lowest BCUT2D eigenvalue weighted by Crippen LogP contribution is -2.44. The normalized spacial score (nSPS) is 12.8. The number of carboxylic acids is 1. The van der Waals surface area contributed by atoms with Gasteiger partial charge in [0.05, 0.1) is 40.3 Å². The molecule has 9 nitrogen and oxygen atoms in total. The monoisotopic (exact) mass is 1140 g/mol. The van der Waals surface area contributed by atoms with Gasteiger partial charge in [-0.15, -0.1) is 0 Å². The van der Waals surface area contributed by atoms with E-state index >= 15 is 0 Å². The average Bonchev–Trinajstić information content (AvgIpc) is 3.44. The molecule has 0 amide bonds. The molecule has 0 saturated carbocycles. The number of carbonyl (C=O) groups excluding carboxylic acids is 3. The van der Waals surface area contributed by atoms with Crippen molar-refractivity contribution in [3.63, 3.8) is 0 Å². The summed E-state index contributed by atoms with van der Waals surface area (Å²) in [5.41, 5.74) is 0. The van der Waals surface area contributed by atoms with Crippen LogP contribution in [0.1, 0.15) is 361 Å². The molecule has 0 heterocycles. The van der Waals surface area contributed by atoms with Crippen molar-refractivity contribution < 1.29 is 42.9 Å². The fourth-order valence-corrected chi connectivity index (χ4v) is 10.7. The second-order valence-corrected chi connectivity index (χ2v) is 25.5. The molecular formula is C72H137NO8. The van der Waals surface area contributed by atoms with E-state index in [1.807, 2.05) is 21.1 Å².